The molecule has 4 rings (SSSR count). The number of aromatic nitrogens is 1. The number of ether oxygens (including phenoxy) is 1. The van der Waals surface area contributed by atoms with Crippen LogP contribution in [0.25, 0.3) is 10.9 Å². The Labute approximate surface area is 156 Å². The molecule has 2 heterocycles. The highest BCUT2D eigenvalue weighted by Gasteiger charge is 2.20. The number of hydrogen-bond donors (Lipinski definition) is 1. The molecule has 0 aliphatic heterocycles. The number of fused-ring (bicyclic) bond motifs is 1. The molecule has 0 saturated heterocycles. The Morgan fingerprint density at radius 1 is 1.04 bits per heavy atom. The van der Waals surface area contributed by atoms with E-state index in [9.17, 15) is 4.79 Å². The van der Waals surface area contributed by atoms with Gasteiger partial charge in [-0.05, 0) is 42.0 Å². The van der Waals surface area contributed by atoms with Crippen LogP contribution >= 0.6 is 0 Å². The molecule has 0 aliphatic carbocycles. The molecule has 0 radical (unpaired) electrons. The summed E-state index contributed by atoms with van der Waals surface area (Å²) >= 11 is 0. The summed E-state index contributed by atoms with van der Waals surface area (Å²) in [6.45, 7) is 0. The Hall–Kier alpha value is -3.60. The molecule has 0 spiro atoms. The van der Waals surface area contributed by atoms with Gasteiger partial charge in [-0.25, -0.2) is 4.98 Å². The van der Waals surface area contributed by atoms with E-state index in [0.29, 0.717) is 11.5 Å². The number of rotatable bonds is 5. The van der Waals surface area contributed by atoms with Crippen LogP contribution in [0.1, 0.15) is 27.9 Å². The van der Waals surface area contributed by atoms with Crippen LogP contribution in [-0.2, 0) is 0 Å². The van der Waals surface area contributed by atoms with Crippen molar-refractivity contribution in [3.8, 4) is 5.75 Å². The number of carbonyl (C=O) groups is 1. The first-order valence-corrected chi connectivity index (χ1v) is 8.58. The van der Waals surface area contributed by atoms with Gasteiger partial charge in [0.2, 0.25) is 0 Å². The average molecular weight is 358 g/mol. The highest BCUT2D eigenvalue weighted by molar-refractivity contribution is 5.95. The molecule has 0 aliphatic rings. The van der Waals surface area contributed by atoms with Crippen LogP contribution in [0.5, 0.6) is 5.75 Å². The van der Waals surface area contributed by atoms with Crippen molar-refractivity contribution in [2.24, 2.45) is 0 Å². The van der Waals surface area contributed by atoms with Crippen molar-refractivity contribution in [2.45, 2.75) is 6.04 Å². The Morgan fingerprint density at radius 3 is 2.63 bits per heavy atom. The van der Waals surface area contributed by atoms with Crippen molar-refractivity contribution in [2.75, 3.05) is 7.11 Å². The van der Waals surface area contributed by atoms with Crippen molar-refractivity contribution in [3.63, 3.8) is 0 Å². The van der Waals surface area contributed by atoms with E-state index in [-0.39, 0.29) is 11.9 Å². The summed E-state index contributed by atoms with van der Waals surface area (Å²) in [4.78, 5) is 17.3. The van der Waals surface area contributed by atoms with Gasteiger partial charge in [0.15, 0.2) is 0 Å². The normalized spacial score (nSPS) is 11.9. The minimum Gasteiger partial charge on any atom is -0.497 e. The molecule has 27 heavy (non-hydrogen) atoms. The van der Waals surface area contributed by atoms with Crippen LogP contribution in [-0.4, -0.2) is 18.0 Å². The third-order valence-corrected chi connectivity index (χ3v) is 4.37. The number of carbonyl (C=O) groups excluding carboxylic acids is 1. The number of nitrogens with zero attached hydrogens (tertiary/aromatic N) is 1. The van der Waals surface area contributed by atoms with Gasteiger partial charge in [0.1, 0.15) is 23.2 Å². The molecule has 1 N–H and O–H groups in total. The minimum atomic E-state index is -0.387. The topological polar surface area (TPSA) is 64.4 Å². The van der Waals surface area contributed by atoms with Gasteiger partial charge in [-0.3, -0.25) is 4.79 Å². The number of pyridine rings is 1. The van der Waals surface area contributed by atoms with Crippen LogP contribution < -0.4 is 10.1 Å². The van der Waals surface area contributed by atoms with E-state index in [4.69, 9.17) is 9.15 Å². The third-order valence-electron chi connectivity index (χ3n) is 4.37. The number of furan rings is 1. The summed E-state index contributed by atoms with van der Waals surface area (Å²) in [6, 6.07) is 22.1. The smallest absolute Gasteiger partial charge is 0.270 e. The summed E-state index contributed by atoms with van der Waals surface area (Å²) in [5, 5.41) is 3.93. The van der Waals surface area contributed by atoms with Crippen molar-refractivity contribution in [1.82, 2.24) is 10.3 Å². The fourth-order valence-electron chi connectivity index (χ4n) is 2.98. The first-order valence-electron chi connectivity index (χ1n) is 8.58. The molecule has 0 fully saturated rings. The minimum absolute atomic E-state index is 0.266. The molecule has 4 aromatic rings. The first kappa shape index (κ1) is 16.8. The predicted molar refractivity (Wildman–Crippen MR) is 103 cm³/mol. The zero-order valence-corrected chi connectivity index (χ0v) is 14.8. The molecule has 1 unspecified atom stereocenters. The highest BCUT2D eigenvalue weighted by atomic mass is 16.5. The lowest BCUT2D eigenvalue weighted by atomic mass is 10.0. The van der Waals surface area contributed by atoms with E-state index in [0.717, 1.165) is 22.2 Å². The zero-order chi connectivity index (χ0) is 18.6. The number of methoxy groups -OCH3 is 1. The maximum atomic E-state index is 12.9. The van der Waals surface area contributed by atoms with Gasteiger partial charge in [0.25, 0.3) is 5.91 Å². The Bertz CT molecular complexity index is 1060. The second kappa shape index (κ2) is 7.33. The van der Waals surface area contributed by atoms with Gasteiger partial charge in [-0.15, -0.1) is 0 Å². The lowest BCUT2D eigenvalue weighted by Gasteiger charge is -2.17. The molecule has 134 valence electrons. The van der Waals surface area contributed by atoms with E-state index in [1.807, 2.05) is 60.7 Å². The van der Waals surface area contributed by atoms with E-state index >= 15 is 0 Å². The van der Waals surface area contributed by atoms with Crippen molar-refractivity contribution in [3.05, 3.63) is 96.1 Å². The van der Waals surface area contributed by atoms with E-state index in [1.165, 1.54) is 0 Å². The molecule has 0 bridgehead atoms. The van der Waals surface area contributed by atoms with Gasteiger partial charge < -0.3 is 14.5 Å². The van der Waals surface area contributed by atoms with E-state index < -0.39 is 0 Å². The lowest BCUT2D eigenvalue weighted by molar-refractivity contribution is 0.0934. The summed E-state index contributed by atoms with van der Waals surface area (Å²) in [5.74, 6) is 1.15. The molecule has 1 atom stereocenters. The molecule has 5 heteroatoms. The average Bonchev–Trinajstić information content (AvgIpc) is 3.26. The van der Waals surface area contributed by atoms with Gasteiger partial charge in [0.05, 0.1) is 18.9 Å². The fraction of sp³-hybridized carbons (Fsp3) is 0.0909. The van der Waals surface area contributed by atoms with Crippen LogP contribution in [0.2, 0.25) is 0 Å². The van der Waals surface area contributed by atoms with E-state index in [2.05, 4.69) is 10.3 Å². The summed E-state index contributed by atoms with van der Waals surface area (Å²) in [7, 11) is 1.62. The molecule has 2 aromatic carbocycles. The van der Waals surface area contributed by atoms with Gasteiger partial charge in [0, 0.05) is 5.39 Å². The summed E-state index contributed by atoms with van der Waals surface area (Å²) in [6.07, 6.45) is 1.60. The maximum absolute atomic E-state index is 12.9. The van der Waals surface area contributed by atoms with Crippen LogP contribution in [0.3, 0.4) is 0 Å². The second-order valence-electron chi connectivity index (χ2n) is 6.09. The molecular weight excluding hydrogens is 340 g/mol. The lowest BCUT2D eigenvalue weighted by Crippen LogP contribution is -2.29. The number of hydrogen-bond acceptors (Lipinski definition) is 4. The number of amides is 1. The molecular formula is C22H18N2O3. The maximum Gasteiger partial charge on any atom is 0.270 e. The largest absolute Gasteiger partial charge is 0.497 e. The van der Waals surface area contributed by atoms with Crippen molar-refractivity contribution >= 4 is 16.8 Å². The zero-order valence-electron chi connectivity index (χ0n) is 14.8. The SMILES string of the molecule is COc1ccc2nc(C(=O)NC(c3ccccc3)c3ccco3)ccc2c1. The monoisotopic (exact) mass is 358 g/mol. The summed E-state index contributed by atoms with van der Waals surface area (Å²) in [5.41, 5.74) is 2.02. The standard InChI is InChI=1S/C22H18N2O3/c1-26-17-10-12-18-16(14-17)9-11-19(23-18)22(25)24-21(20-8-5-13-27-20)15-6-3-2-4-7-15/h2-14,21H,1H3,(H,24,25). The quantitative estimate of drug-likeness (QED) is 0.576. The third kappa shape index (κ3) is 3.53. The second-order valence-corrected chi connectivity index (χ2v) is 6.09. The molecule has 0 saturated carbocycles. The fourth-order valence-corrected chi connectivity index (χ4v) is 2.98. The van der Waals surface area contributed by atoms with Crippen LogP contribution in [0, 0.1) is 0 Å². The Kier molecular flexibility index (Phi) is 4.58. The van der Waals surface area contributed by atoms with Gasteiger partial charge in [-0.2, -0.15) is 0 Å². The first-order chi connectivity index (χ1) is 13.2. The Morgan fingerprint density at radius 2 is 1.89 bits per heavy atom. The highest BCUT2D eigenvalue weighted by Crippen LogP contribution is 2.24. The molecule has 1 amide bonds. The predicted octanol–water partition coefficient (Wildman–Crippen LogP) is 4.36. The van der Waals surface area contributed by atoms with Crippen LogP contribution in [0.15, 0.2) is 83.5 Å². The number of nitrogens with one attached hydrogen (secondary N) is 1. The summed E-state index contributed by atoms with van der Waals surface area (Å²) < 4.78 is 10.8. The Balaban J connectivity index is 1.64. The molecule has 2 aromatic heterocycles. The van der Waals surface area contributed by atoms with Crippen molar-refractivity contribution < 1.29 is 13.9 Å². The number of benzene rings is 2. The van der Waals surface area contributed by atoms with Crippen molar-refractivity contribution in [1.29, 1.82) is 0 Å². The van der Waals surface area contributed by atoms with E-state index in [1.54, 1.807) is 25.5 Å². The molecule has 5 nitrogen and oxygen atoms in total. The van der Waals surface area contributed by atoms with Crippen LogP contribution in [0.4, 0.5) is 0 Å². The van der Waals surface area contributed by atoms with Gasteiger partial charge >= 0.3 is 0 Å². The van der Waals surface area contributed by atoms with Gasteiger partial charge in [-0.1, -0.05) is 36.4 Å².